The molecule has 4 nitrogen and oxygen atoms in total. The molecule has 2 aromatic heterocycles. The maximum absolute atomic E-state index is 6.17. The summed E-state index contributed by atoms with van der Waals surface area (Å²) in [5.74, 6) is 0.588. The van der Waals surface area contributed by atoms with Crippen molar-refractivity contribution in [1.82, 2.24) is 14.8 Å². The van der Waals surface area contributed by atoms with Crippen LogP contribution in [0.3, 0.4) is 0 Å². The topological polar surface area (TPSA) is 56.7 Å². The molecule has 0 aliphatic heterocycles. The lowest BCUT2D eigenvalue weighted by Gasteiger charge is -2.03. The van der Waals surface area contributed by atoms with Crippen LogP contribution in [0.2, 0.25) is 5.02 Å². The molecule has 1 aromatic carbocycles. The molecule has 0 unspecified atom stereocenters. The summed E-state index contributed by atoms with van der Waals surface area (Å²) in [4.78, 5) is 4.27. The number of nitrogens with zero attached hydrogens (tertiary/aromatic N) is 3. The maximum atomic E-state index is 6.17. The first kappa shape index (κ1) is 13.1. The molecule has 0 saturated heterocycles. The molecule has 20 heavy (non-hydrogen) atoms. The fraction of sp³-hybridized carbons (Fsp3) is 0. The molecule has 0 radical (unpaired) electrons. The van der Waals surface area contributed by atoms with Gasteiger partial charge in [0.2, 0.25) is 0 Å². The lowest BCUT2D eigenvalue weighted by atomic mass is 10.1. The van der Waals surface area contributed by atoms with Gasteiger partial charge in [-0.1, -0.05) is 23.7 Å². The molecule has 0 amide bonds. The predicted molar refractivity (Wildman–Crippen MR) is 83.9 cm³/mol. The van der Waals surface area contributed by atoms with Gasteiger partial charge in [0.1, 0.15) is 0 Å². The van der Waals surface area contributed by atoms with Gasteiger partial charge in [0.15, 0.2) is 5.82 Å². The first-order valence-corrected chi connectivity index (χ1v) is 7.02. The minimum absolute atomic E-state index is 0.529. The molecule has 0 fully saturated rings. The van der Waals surface area contributed by atoms with Gasteiger partial charge in [-0.3, -0.25) is 0 Å². The third-order valence-electron chi connectivity index (χ3n) is 2.81. The normalized spacial score (nSPS) is 10.7. The van der Waals surface area contributed by atoms with Crippen molar-refractivity contribution in [1.29, 1.82) is 0 Å². The van der Waals surface area contributed by atoms with E-state index in [2.05, 4.69) is 26.0 Å². The van der Waals surface area contributed by atoms with E-state index < -0.39 is 0 Å². The van der Waals surface area contributed by atoms with Gasteiger partial charge in [0.05, 0.1) is 11.2 Å². The quantitative estimate of drug-likeness (QED) is 0.713. The molecular weight excluding hydrogens is 340 g/mol. The van der Waals surface area contributed by atoms with Crippen LogP contribution in [-0.4, -0.2) is 14.8 Å². The van der Waals surface area contributed by atoms with Crippen molar-refractivity contribution in [3.8, 4) is 16.9 Å². The Morgan fingerprint density at radius 2 is 2.00 bits per heavy atom. The van der Waals surface area contributed by atoms with E-state index in [4.69, 9.17) is 17.3 Å². The Kier molecular flexibility index (Phi) is 3.46. The van der Waals surface area contributed by atoms with Crippen LogP contribution in [0.15, 0.2) is 53.4 Å². The van der Waals surface area contributed by atoms with E-state index in [-0.39, 0.29) is 0 Å². The number of hydrogen-bond donors (Lipinski definition) is 1. The van der Waals surface area contributed by atoms with Gasteiger partial charge in [-0.05, 0) is 39.7 Å². The van der Waals surface area contributed by atoms with E-state index in [1.807, 2.05) is 30.5 Å². The molecule has 3 rings (SSSR count). The summed E-state index contributed by atoms with van der Waals surface area (Å²) in [5, 5.41) is 4.83. The Balaban J connectivity index is 2.02. The first-order chi connectivity index (χ1) is 9.63. The Hall–Kier alpha value is -1.85. The Morgan fingerprint density at radius 3 is 2.75 bits per heavy atom. The van der Waals surface area contributed by atoms with Crippen LogP contribution in [0, 0.1) is 0 Å². The molecule has 3 aromatic rings. The standard InChI is InChI=1S/C14H10BrClN4/c15-11-5-13(16)14(18-7-11)20-8-10(6-19-20)9-2-1-3-12(17)4-9/h1-8H,17H2. The zero-order valence-electron chi connectivity index (χ0n) is 10.3. The minimum atomic E-state index is 0.529. The van der Waals surface area contributed by atoms with E-state index >= 15 is 0 Å². The van der Waals surface area contributed by atoms with Gasteiger partial charge in [-0.15, -0.1) is 0 Å². The molecular formula is C14H10BrClN4. The number of rotatable bonds is 2. The smallest absolute Gasteiger partial charge is 0.172 e. The monoisotopic (exact) mass is 348 g/mol. The summed E-state index contributed by atoms with van der Waals surface area (Å²) >= 11 is 9.50. The molecule has 2 heterocycles. The highest BCUT2D eigenvalue weighted by Gasteiger charge is 2.08. The average Bonchev–Trinajstić information content (AvgIpc) is 2.88. The number of benzene rings is 1. The number of nitrogens with two attached hydrogens (primary N) is 1. The minimum Gasteiger partial charge on any atom is -0.399 e. The van der Waals surface area contributed by atoms with Crippen molar-refractivity contribution in [3.63, 3.8) is 0 Å². The van der Waals surface area contributed by atoms with Crippen LogP contribution in [0.1, 0.15) is 0 Å². The van der Waals surface area contributed by atoms with Gasteiger partial charge >= 0.3 is 0 Å². The van der Waals surface area contributed by atoms with Crippen molar-refractivity contribution >= 4 is 33.2 Å². The van der Waals surface area contributed by atoms with Crippen molar-refractivity contribution in [2.75, 3.05) is 5.73 Å². The average molecular weight is 350 g/mol. The SMILES string of the molecule is Nc1cccc(-c2cnn(-c3ncc(Br)cc3Cl)c2)c1. The van der Waals surface area contributed by atoms with Gasteiger partial charge in [0.25, 0.3) is 0 Å². The highest BCUT2D eigenvalue weighted by molar-refractivity contribution is 9.10. The zero-order valence-corrected chi connectivity index (χ0v) is 12.6. The summed E-state index contributed by atoms with van der Waals surface area (Å²) in [6.07, 6.45) is 5.31. The van der Waals surface area contributed by atoms with E-state index in [0.717, 1.165) is 21.3 Å². The van der Waals surface area contributed by atoms with E-state index in [1.54, 1.807) is 23.1 Å². The Bertz CT molecular complexity index is 769. The van der Waals surface area contributed by atoms with Crippen LogP contribution in [0.4, 0.5) is 5.69 Å². The summed E-state index contributed by atoms with van der Waals surface area (Å²) in [7, 11) is 0. The van der Waals surface area contributed by atoms with Crippen LogP contribution in [0.25, 0.3) is 16.9 Å². The van der Waals surface area contributed by atoms with Gasteiger partial charge in [-0.2, -0.15) is 5.10 Å². The number of anilines is 1. The van der Waals surface area contributed by atoms with Crippen LogP contribution < -0.4 is 5.73 Å². The van der Waals surface area contributed by atoms with E-state index in [1.165, 1.54) is 0 Å². The van der Waals surface area contributed by atoms with Gasteiger partial charge < -0.3 is 5.73 Å². The van der Waals surface area contributed by atoms with E-state index in [9.17, 15) is 0 Å². The fourth-order valence-electron chi connectivity index (χ4n) is 1.88. The van der Waals surface area contributed by atoms with Crippen molar-refractivity contribution in [2.45, 2.75) is 0 Å². The maximum Gasteiger partial charge on any atom is 0.172 e. The number of hydrogen-bond acceptors (Lipinski definition) is 3. The highest BCUT2D eigenvalue weighted by atomic mass is 79.9. The first-order valence-electron chi connectivity index (χ1n) is 5.85. The molecule has 0 bridgehead atoms. The molecule has 100 valence electrons. The fourth-order valence-corrected chi connectivity index (χ4v) is 2.60. The molecule has 0 spiro atoms. The number of halogens is 2. The largest absolute Gasteiger partial charge is 0.399 e. The van der Waals surface area contributed by atoms with Crippen molar-refractivity contribution in [3.05, 3.63) is 58.4 Å². The van der Waals surface area contributed by atoms with Crippen molar-refractivity contribution in [2.24, 2.45) is 0 Å². The highest BCUT2D eigenvalue weighted by Crippen LogP contribution is 2.25. The van der Waals surface area contributed by atoms with Gasteiger partial charge in [-0.25, -0.2) is 9.67 Å². The van der Waals surface area contributed by atoms with Crippen LogP contribution in [-0.2, 0) is 0 Å². The second-order valence-electron chi connectivity index (χ2n) is 4.26. The third kappa shape index (κ3) is 2.55. The Labute approximate surface area is 129 Å². The lowest BCUT2D eigenvalue weighted by Crippen LogP contribution is -1.98. The second kappa shape index (κ2) is 5.26. The number of pyridine rings is 1. The number of aromatic nitrogens is 3. The molecule has 2 N–H and O–H groups in total. The molecule has 0 saturated carbocycles. The molecule has 6 heteroatoms. The number of nitrogen functional groups attached to an aromatic ring is 1. The van der Waals surface area contributed by atoms with Crippen LogP contribution >= 0.6 is 27.5 Å². The lowest BCUT2D eigenvalue weighted by molar-refractivity contribution is 0.846. The van der Waals surface area contributed by atoms with Crippen molar-refractivity contribution < 1.29 is 0 Å². The second-order valence-corrected chi connectivity index (χ2v) is 5.58. The summed E-state index contributed by atoms with van der Waals surface area (Å²) in [5.41, 5.74) is 8.47. The molecule has 0 aliphatic rings. The zero-order chi connectivity index (χ0) is 14.1. The van der Waals surface area contributed by atoms with Crippen LogP contribution in [0.5, 0.6) is 0 Å². The third-order valence-corrected chi connectivity index (χ3v) is 3.52. The molecule has 0 atom stereocenters. The van der Waals surface area contributed by atoms with E-state index in [0.29, 0.717) is 10.8 Å². The van der Waals surface area contributed by atoms with Gasteiger partial charge in [0, 0.05) is 28.1 Å². The summed E-state index contributed by atoms with van der Waals surface area (Å²) in [6.45, 7) is 0. The molecule has 0 aliphatic carbocycles. The summed E-state index contributed by atoms with van der Waals surface area (Å²) in [6, 6.07) is 9.42. The predicted octanol–water partition coefficient (Wildman–Crippen LogP) is 3.93. The Morgan fingerprint density at radius 1 is 1.15 bits per heavy atom. The summed E-state index contributed by atoms with van der Waals surface area (Å²) < 4.78 is 2.47.